The van der Waals surface area contributed by atoms with E-state index in [0.29, 0.717) is 12.1 Å². The maximum Gasteiger partial charge on any atom is 0.269 e. The molecule has 3 rings (SSSR count). The Morgan fingerprint density at radius 2 is 2.00 bits per heavy atom. The van der Waals surface area contributed by atoms with Crippen molar-refractivity contribution in [2.45, 2.75) is 24.3 Å². The SMILES string of the molecule is CSc1cccc(N2CC(C(=O)N(C)C(C)c3cccc([N+](=O)[O-])c3)CC2=O)c1. The molecule has 0 spiro atoms. The molecule has 1 aliphatic heterocycles. The predicted octanol–water partition coefficient (Wildman–Crippen LogP) is 3.89. The smallest absolute Gasteiger partial charge is 0.269 e. The lowest BCUT2D eigenvalue weighted by Gasteiger charge is -2.27. The highest BCUT2D eigenvalue weighted by Crippen LogP contribution is 2.31. The van der Waals surface area contributed by atoms with Crippen LogP contribution in [-0.2, 0) is 9.59 Å². The number of nitro groups is 1. The van der Waals surface area contributed by atoms with Gasteiger partial charge in [0.15, 0.2) is 0 Å². The molecule has 1 saturated heterocycles. The summed E-state index contributed by atoms with van der Waals surface area (Å²) in [5.41, 5.74) is 1.47. The van der Waals surface area contributed by atoms with E-state index in [-0.39, 0.29) is 30.0 Å². The quantitative estimate of drug-likeness (QED) is 0.408. The van der Waals surface area contributed by atoms with Crippen molar-refractivity contribution in [1.29, 1.82) is 0 Å². The van der Waals surface area contributed by atoms with Crippen LogP contribution in [0.2, 0.25) is 0 Å². The summed E-state index contributed by atoms with van der Waals surface area (Å²) in [4.78, 5) is 40.4. The van der Waals surface area contributed by atoms with E-state index in [1.165, 1.54) is 12.1 Å². The van der Waals surface area contributed by atoms with Crippen LogP contribution in [0.3, 0.4) is 0 Å². The van der Waals surface area contributed by atoms with Gasteiger partial charge in [0.2, 0.25) is 11.8 Å². The zero-order chi connectivity index (χ0) is 21.1. The Balaban J connectivity index is 1.73. The molecule has 7 nitrogen and oxygen atoms in total. The first-order valence-corrected chi connectivity index (χ1v) is 10.5. The van der Waals surface area contributed by atoms with Crippen LogP contribution in [-0.4, -0.2) is 41.5 Å². The Bertz CT molecular complexity index is 949. The van der Waals surface area contributed by atoms with Crippen LogP contribution in [0.25, 0.3) is 0 Å². The van der Waals surface area contributed by atoms with Gasteiger partial charge in [0.1, 0.15) is 0 Å². The van der Waals surface area contributed by atoms with Crippen LogP contribution in [0.4, 0.5) is 11.4 Å². The molecule has 2 unspecified atom stereocenters. The van der Waals surface area contributed by atoms with E-state index in [1.54, 1.807) is 40.7 Å². The summed E-state index contributed by atoms with van der Waals surface area (Å²) in [5.74, 6) is -0.648. The molecule has 0 N–H and O–H groups in total. The van der Waals surface area contributed by atoms with Crippen LogP contribution in [0.15, 0.2) is 53.4 Å². The average molecular weight is 413 g/mol. The molecule has 1 aliphatic rings. The van der Waals surface area contributed by atoms with Crippen molar-refractivity contribution < 1.29 is 14.5 Å². The van der Waals surface area contributed by atoms with Crippen LogP contribution in [0, 0.1) is 16.0 Å². The number of carbonyl (C=O) groups is 2. The van der Waals surface area contributed by atoms with Crippen molar-refractivity contribution >= 4 is 35.0 Å². The van der Waals surface area contributed by atoms with Gasteiger partial charge in [0.25, 0.3) is 5.69 Å². The first-order chi connectivity index (χ1) is 13.8. The molecule has 0 radical (unpaired) electrons. The molecule has 8 heteroatoms. The number of rotatable bonds is 6. The molecule has 1 heterocycles. The number of non-ortho nitro benzene ring substituents is 1. The van der Waals surface area contributed by atoms with Crippen LogP contribution in [0.1, 0.15) is 24.9 Å². The monoisotopic (exact) mass is 413 g/mol. The van der Waals surface area contributed by atoms with E-state index in [1.807, 2.05) is 37.4 Å². The molecule has 0 bridgehead atoms. The predicted molar refractivity (Wildman–Crippen MR) is 113 cm³/mol. The van der Waals surface area contributed by atoms with E-state index in [4.69, 9.17) is 0 Å². The van der Waals surface area contributed by atoms with Gasteiger partial charge >= 0.3 is 0 Å². The van der Waals surface area contributed by atoms with E-state index in [9.17, 15) is 19.7 Å². The topological polar surface area (TPSA) is 83.8 Å². The minimum absolute atomic E-state index is 0.00825. The fraction of sp³-hybridized carbons (Fsp3) is 0.333. The second-order valence-corrected chi connectivity index (χ2v) is 7.96. The Kier molecular flexibility index (Phi) is 6.22. The van der Waals surface area contributed by atoms with Crippen LogP contribution in [0.5, 0.6) is 0 Å². The van der Waals surface area contributed by atoms with E-state index in [2.05, 4.69) is 0 Å². The standard InChI is InChI=1S/C21H23N3O4S/c1-14(15-6-4-8-18(10-15)24(27)28)22(2)21(26)16-11-20(25)23(13-16)17-7-5-9-19(12-17)29-3/h4-10,12,14,16H,11,13H2,1-3H3. The summed E-state index contributed by atoms with van der Waals surface area (Å²) in [7, 11) is 1.67. The van der Waals surface area contributed by atoms with Crippen molar-refractivity contribution in [2.75, 3.05) is 24.7 Å². The maximum atomic E-state index is 13.0. The minimum Gasteiger partial charge on any atom is -0.339 e. The third-order valence-electron chi connectivity index (χ3n) is 5.33. The molecule has 152 valence electrons. The highest BCUT2D eigenvalue weighted by Gasteiger charge is 2.37. The summed E-state index contributed by atoms with van der Waals surface area (Å²) in [6.45, 7) is 2.16. The first kappa shape index (κ1) is 20.9. The molecule has 0 saturated carbocycles. The Labute approximate surface area is 173 Å². The largest absolute Gasteiger partial charge is 0.339 e. The van der Waals surface area contributed by atoms with Gasteiger partial charge in [-0.15, -0.1) is 11.8 Å². The second kappa shape index (κ2) is 8.65. The van der Waals surface area contributed by atoms with Crippen molar-refractivity contribution in [3.63, 3.8) is 0 Å². The third-order valence-corrected chi connectivity index (χ3v) is 6.06. The van der Waals surface area contributed by atoms with Crippen LogP contribution >= 0.6 is 11.8 Å². The van der Waals surface area contributed by atoms with Gasteiger partial charge in [0.05, 0.1) is 16.9 Å². The van der Waals surface area contributed by atoms with Gasteiger partial charge in [-0.3, -0.25) is 19.7 Å². The summed E-state index contributed by atoms with van der Waals surface area (Å²) >= 11 is 1.60. The Hall–Kier alpha value is -2.87. The van der Waals surface area contributed by atoms with Crippen molar-refractivity contribution in [3.8, 4) is 0 Å². The van der Waals surface area contributed by atoms with E-state index >= 15 is 0 Å². The number of hydrogen-bond donors (Lipinski definition) is 0. The molecule has 2 aromatic rings. The number of benzene rings is 2. The highest BCUT2D eigenvalue weighted by atomic mass is 32.2. The molecular formula is C21H23N3O4S. The van der Waals surface area contributed by atoms with Crippen LogP contribution < -0.4 is 4.90 Å². The van der Waals surface area contributed by atoms with Gasteiger partial charge in [-0.2, -0.15) is 0 Å². The number of nitro benzene ring substituents is 1. The lowest BCUT2D eigenvalue weighted by molar-refractivity contribution is -0.384. The number of amides is 2. The number of nitrogens with zero attached hydrogens (tertiary/aromatic N) is 3. The summed E-state index contributed by atoms with van der Waals surface area (Å²) in [5, 5.41) is 11.0. The van der Waals surface area contributed by atoms with Gasteiger partial charge < -0.3 is 9.80 Å². The van der Waals surface area contributed by atoms with Crippen molar-refractivity contribution in [2.24, 2.45) is 5.92 Å². The Morgan fingerprint density at radius 1 is 1.28 bits per heavy atom. The molecule has 0 aromatic heterocycles. The lowest BCUT2D eigenvalue weighted by atomic mass is 10.0. The third kappa shape index (κ3) is 4.42. The number of anilines is 1. The van der Waals surface area contributed by atoms with E-state index < -0.39 is 10.8 Å². The molecular weight excluding hydrogens is 390 g/mol. The van der Waals surface area contributed by atoms with Gasteiger partial charge in [0, 0.05) is 42.7 Å². The zero-order valence-electron chi connectivity index (χ0n) is 16.6. The normalized spacial score (nSPS) is 17.3. The molecule has 2 amide bonds. The molecule has 0 aliphatic carbocycles. The highest BCUT2D eigenvalue weighted by molar-refractivity contribution is 7.98. The fourth-order valence-corrected chi connectivity index (χ4v) is 3.95. The minimum atomic E-state index is -0.450. The Morgan fingerprint density at radius 3 is 2.69 bits per heavy atom. The maximum absolute atomic E-state index is 13.0. The molecule has 29 heavy (non-hydrogen) atoms. The fourth-order valence-electron chi connectivity index (χ4n) is 3.50. The van der Waals surface area contributed by atoms with Gasteiger partial charge in [-0.05, 0) is 36.9 Å². The lowest BCUT2D eigenvalue weighted by Crippen LogP contribution is -2.36. The summed E-state index contributed by atoms with van der Waals surface area (Å²) < 4.78 is 0. The van der Waals surface area contributed by atoms with Gasteiger partial charge in [-0.1, -0.05) is 18.2 Å². The van der Waals surface area contributed by atoms with Crippen molar-refractivity contribution in [3.05, 3.63) is 64.2 Å². The molecule has 2 atom stereocenters. The number of hydrogen-bond acceptors (Lipinski definition) is 5. The summed E-state index contributed by atoms with van der Waals surface area (Å²) in [6, 6.07) is 13.6. The second-order valence-electron chi connectivity index (χ2n) is 7.08. The average Bonchev–Trinajstić information content (AvgIpc) is 3.13. The zero-order valence-corrected chi connectivity index (χ0v) is 17.4. The van der Waals surface area contributed by atoms with Gasteiger partial charge in [-0.25, -0.2) is 0 Å². The first-order valence-electron chi connectivity index (χ1n) is 9.27. The number of thioether (sulfide) groups is 1. The van der Waals surface area contributed by atoms with E-state index in [0.717, 1.165) is 10.6 Å². The number of carbonyl (C=O) groups excluding carboxylic acids is 2. The van der Waals surface area contributed by atoms with Crippen molar-refractivity contribution in [1.82, 2.24) is 4.90 Å². The molecule has 1 fully saturated rings. The molecule has 2 aromatic carbocycles. The summed E-state index contributed by atoms with van der Waals surface area (Å²) in [6.07, 6.45) is 2.13.